The van der Waals surface area contributed by atoms with Crippen molar-refractivity contribution in [1.29, 1.82) is 0 Å². The summed E-state index contributed by atoms with van der Waals surface area (Å²) in [4.78, 5) is 23.8. The van der Waals surface area contributed by atoms with Crippen LogP contribution < -0.4 is 21.3 Å². The van der Waals surface area contributed by atoms with E-state index in [1.807, 2.05) is 25.8 Å². The highest BCUT2D eigenvalue weighted by Crippen LogP contribution is 2.50. The van der Waals surface area contributed by atoms with Crippen molar-refractivity contribution >= 4 is 23.2 Å². The molecule has 3 heterocycles. The number of hydrogen-bond donors (Lipinski definition) is 4. The molecule has 1 aromatic heterocycles. The van der Waals surface area contributed by atoms with Crippen LogP contribution in [0.5, 0.6) is 0 Å². The van der Waals surface area contributed by atoms with E-state index in [-0.39, 0.29) is 29.6 Å². The second-order valence-electron chi connectivity index (χ2n) is 11.9. The largest absolute Gasteiger partial charge is 0.399 e. The Morgan fingerprint density at radius 1 is 1.18 bits per heavy atom. The Balaban J connectivity index is 1.46. The summed E-state index contributed by atoms with van der Waals surface area (Å²) in [5, 5.41) is 11.5. The Kier molecular flexibility index (Phi) is 7.16. The summed E-state index contributed by atoms with van der Waals surface area (Å²) in [5.41, 5.74) is 2.52. The van der Waals surface area contributed by atoms with Crippen molar-refractivity contribution in [2.24, 2.45) is 4.99 Å². The lowest BCUT2D eigenvalue weighted by Gasteiger charge is -2.29. The minimum absolute atomic E-state index is 0.0889. The maximum Gasteiger partial charge on any atom is 0.399 e. The number of alkyl halides is 3. The van der Waals surface area contributed by atoms with Gasteiger partial charge < -0.3 is 20.9 Å². The van der Waals surface area contributed by atoms with Gasteiger partial charge in [0.1, 0.15) is 16.7 Å². The van der Waals surface area contributed by atoms with Crippen LogP contribution in [0.1, 0.15) is 57.4 Å². The van der Waals surface area contributed by atoms with E-state index in [0.717, 1.165) is 32.6 Å². The number of pyridine rings is 1. The van der Waals surface area contributed by atoms with Crippen molar-refractivity contribution in [3.8, 4) is 0 Å². The van der Waals surface area contributed by atoms with E-state index >= 15 is 0 Å². The zero-order valence-corrected chi connectivity index (χ0v) is 23.5. The standard InChI is InChI=1S/C29H36F3N7O/c1-17(2)35-25(40)21-15-39(5)26(37-19-6-7-22-18(12-19)14-33-16-28(22)9-10-28)38-24(21)36-20-8-11-34-23(13-20)27(3,4)29(30,31)32/h6-8,11-13,17,33H,9-10,14-16H2,1-5H3,(H,34,36)(H,35,40)(H,37,38)/p+1. The number of rotatable bonds is 6. The number of benzene rings is 1. The fourth-order valence-electron chi connectivity index (χ4n) is 5.21. The maximum absolute atomic E-state index is 13.7. The van der Waals surface area contributed by atoms with Crippen LogP contribution in [0, 0.1) is 0 Å². The molecule has 3 aliphatic rings. The van der Waals surface area contributed by atoms with E-state index in [2.05, 4.69) is 39.1 Å². The highest BCUT2D eigenvalue weighted by Gasteiger charge is 2.50. The average molecular weight is 557 g/mol. The molecule has 5 rings (SSSR count). The molecule has 1 aliphatic carbocycles. The van der Waals surface area contributed by atoms with Crippen molar-refractivity contribution in [2.75, 3.05) is 25.5 Å². The number of carbonyl (C=O) groups is 1. The number of guanidine groups is 1. The van der Waals surface area contributed by atoms with Crippen molar-refractivity contribution in [2.45, 2.75) is 70.1 Å². The number of nitrogens with two attached hydrogens (primary N) is 1. The molecule has 0 radical (unpaired) electrons. The summed E-state index contributed by atoms with van der Waals surface area (Å²) >= 11 is 0. The van der Waals surface area contributed by atoms with Crippen LogP contribution in [0.3, 0.4) is 0 Å². The molecule has 8 nitrogen and oxygen atoms in total. The number of amides is 1. The van der Waals surface area contributed by atoms with Crippen LogP contribution in [-0.2, 0) is 22.2 Å². The number of nitrogens with one attached hydrogen (secondary N) is 3. The number of aromatic nitrogens is 1. The molecule has 2 aromatic rings. The molecule has 1 amide bonds. The molecule has 5 N–H and O–H groups in total. The number of likely N-dealkylation sites (N-methyl/N-ethyl adjacent to an activating group) is 1. The molecular weight excluding hydrogens is 519 g/mol. The van der Waals surface area contributed by atoms with Crippen LogP contribution in [0.4, 0.5) is 24.5 Å². The Bertz CT molecular complexity index is 1380. The number of hydrogen-bond acceptors (Lipinski definition) is 6. The maximum atomic E-state index is 13.7. The number of fused-ring (bicyclic) bond motifs is 2. The summed E-state index contributed by atoms with van der Waals surface area (Å²) in [6.07, 6.45) is -0.699. The van der Waals surface area contributed by atoms with Gasteiger partial charge in [-0.1, -0.05) is 6.07 Å². The van der Waals surface area contributed by atoms with Crippen LogP contribution in [0.15, 0.2) is 52.9 Å². The first kappa shape index (κ1) is 28.1. The van der Waals surface area contributed by atoms with Crippen molar-refractivity contribution in [1.82, 2.24) is 20.5 Å². The van der Waals surface area contributed by atoms with Gasteiger partial charge in [0.2, 0.25) is 11.8 Å². The zero-order chi connectivity index (χ0) is 28.9. The number of quaternary nitrogens is 1. The van der Waals surface area contributed by atoms with E-state index in [1.54, 1.807) is 11.4 Å². The Hall–Kier alpha value is -3.44. The van der Waals surface area contributed by atoms with E-state index < -0.39 is 11.6 Å². The third-order valence-corrected chi connectivity index (χ3v) is 7.99. The fraction of sp³-hybridized carbons (Fsp3) is 0.483. The van der Waals surface area contributed by atoms with E-state index in [4.69, 9.17) is 4.99 Å². The summed E-state index contributed by atoms with van der Waals surface area (Å²) in [5.74, 6) is 0.662. The highest BCUT2D eigenvalue weighted by atomic mass is 19.4. The topological polar surface area (TPSA) is 98.3 Å². The molecule has 11 heteroatoms. The Labute approximate surface area is 232 Å². The number of halogens is 3. The van der Waals surface area contributed by atoms with E-state index in [0.29, 0.717) is 23.0 Å². The Morgan fingerprint density at radius 3 is 2.60 bits per heavy atom. The Morgan fingerprint density at radius 2 is 1.93 bits per heavy atom. The molecule has 1 spiro atoms. The molecule has 1 saturated carbocycles. The average Bonchev–Trinajstić information content (AvgIpc) is 3.64. The van der Waals surface area contributed by atoms with Gasteiger partial charge in [-0.15, -0.1) is 0 Å². The number of aliphatic imine (C=N–C) groups is 1. The number of anilines is 1. The van der Waals surface area contributed by atoms with Crippen LogP contribution in [-0.4, -0.2) is 54.1 Å². The van der Waals surface area contributed by atoms with Gasteiger partial charge in [-0.05, 0) is 63.8 Å². The lowest BCUT2D eigenvalue weighted by molar-refractivity contribution is -0.520. The minimum Gasteiger partial charge on any atom is -0.350 e. The second kappa shape index (κ2) is 10.2. The molecule has 214 valence electrons. The summed E-state index contributed by atoms with van der Waals surface area (Å²) < 4.78 is 41.1. The van der Waals surface area contributed by atoms with Crippen molar-refractivity contribution < 1.29 is 23.3 Å². The van der Waals surface area contributed by atoms with Gasteiger partial charge in [0.15, 0.2) is 0 Å². The SMILES string of the molecule is CC(C)NC(=O)C1=C([NH2+]c2ccnc(C(C)(C)C(F)(F)F)c2)N=C(Nc2ccc3c(c2)CNCC32CC2)N(C)C1. The van der Waals surface area contributed by atoms with Gasteiger partial charge in [-0.3, -0.25) is 15.1 Å². The van der Waals surface area contributed by atoms with Gasteiger partial charge in [0.05, 0.1) is 12.2 Å². The number of nitrogens with zero attached hydrogens (tertiary/aromatic N) is 3. The van der Waals surface area contributed by atoms with Gasteiger partial charge in [0.25, 0.3) is 5.91 Å². The lowest BCUT2D eigenvalue weighted by atomic mass is 9.88. The smallest absolute Gasteiger partial charge is 0.350 e. The number of carbonyl (C=O) groups excluding carboxylic acids is 1. The molecule has 1 fully saturated rings. The summed E-state index contributed by atoms with van der Waals surface area (Å²) in [7, 11) is 1.85. The first-order valence-electron chi connectivity index (χ1n) is 13.6. The summed E-state index contributed by atoms with van der Waals surface area (Å²) in [6.45, 7) is 8.06. The molecule has 40 heavy (non-hydrogen) atoms. The van der Waals surface area contributed by atoms with Gasteiger partial charge in [-0.2, -0.15) is 18.2 Å². The normalized spacial score (nSPS) is 18.5. The van der Waals surface area contributed by atoms with E-state index in [9.17, 15) is 18.0 Å². The van der Waals surface area contributed by atoms with Crippen LogP contribution >= 0.6 is 0 Å². The van der Waals surface area contributed by atoms with Crippen LogP contribution in [0.2, 0.25) is 0 Å². The third-order valence-electron chi connectivity index (χ3n) is 7.99. The second-order valence-corrected chi connectivity index (χ2v) is 11.9. The van der Waals surface area contributed by atoms with Gasteiger partial charge >= 0.3 is 6.18 Å². The monoisotopic (exact) mass is 556 g/mol. The third kappa shape index (κ3) is 5.44. The van der Waals surface area contributed by atoms with Crippen molar-refractivity contribution in [3.63, 3.8) is 0 Å². The fourth-order valence-corrected chi connectivity index (χ4v) is 5.21. The molecule has 2 aliphatic heterocycles. The first-order valence-corrected chi connectivity index (χ1v) is 13.6. The van der Waals surface area contributed by atoms with Crippen LogP contribution in [0.25, 0.3) is 0 Å². The molecule has 0 unspecified atom stereocenters. The first-order chi connectivity index (χ1) is 18.8. The molecule has 0 saturated heterocycles. The predicted octanol–water partition coefficient (Wildman–Crippen LogP) is 3.40. The predicted molar refractivity (Wildman–Crippen MR) is 148 cm³/mol. The summed E-state index contributed by atoms with van der Waals surface area (Å²) in [6, 6.07) is 9.33. The lowest BCUT2D eigenvalue weighted by Crippen LogP contribution is -2.77. The molecule has 0 bridgehead atoms. The molecular formula is C29H37F3N7O+. The van der Waals surface area contributed by atoms with E-state index in [1.165, 1.54) is 36.2 Å². The molecule has 1 aromatic carbocycles. The zero-order valence-electron chi connectivity index (χ0n) is 23.5. The molecule has 0 atom stereocenters. The highest BCUT2D eigenvalue weighted by molar-refractivity contribution is 6.00. The minimum atomic E-state index is -4.47. The van der Waals surface area contributed by atoms with Crippen molar-refractivity contribution in [3.05, 3.63) is 64.7 Å². The van der Waals surface area contributed by atoms with Gasteiger partial charge in [-0.25, -0.2) is 0 Å². The quantitative estimate of drug-likeness (QED) is 0.437. The van der Waals surface area contributed by atoms with Gasteiger partial charge in [0, 0.05) is 55.6 Å².